The SMILES string of the molecule is FC(F)(F)c1ccc(NCCCOCCCl)nn1. The molecule has 0 saturated heterocycles. The quantitative estimate of drug-likeness (QED) is 0.617. The summed E-state index contributed by atoms with van der Waals surface area (Å²) in [5, 5.41) is 9.37. The second-order valence-electron chi connectivity index (χ2n) is 3.38. The normalized spacial score (nSPS) is 11.6. The Morgan fingerprint density at radius 3 is 2.56 bits per heavy atom. The molecule has 1 aromatic heterocycles. The predicted octanol–water partition coefficient (Wildman–Crippen LogP) is 2.55. The summed E-state index contributed by atoms with van der Waals surface area (Å²) in [7, 11) is 0. The summed E-state index contributed by atoms with van der Waals surface area (Å²) in [6.45, 7) is 1.57. The van der Waals surface area contributed by atoms with E-state index in [1.165, 1.54) is 6.07 Å². The maximum Gasteiger partial charge on any atom is 0.435 e. The fourth-order valence-electron chi connectivity index (χ4n) is 1.13. The maximum atomic E-state index is 12.2. The van der Waals surface area contributed by atoms with E-state index < -0.39 is 11.9 Å². The first kappa shape index (κ1) is 15.0. The molecule has 0 unspecified atom stereocenters. The Bertz CT molecular complexity index is 345. The number of nitrogens with one attached hydrogen (secondary N) is 1. The van der Waals surface area contributed by atoms with E-state index in [0.29, 0.717) is 37.9 Å². The van der Waals surface area contributed by atoms with E-state index in [1.807, 2.05) is 0 Å². The van der Waals surface area contributed by atoms with Crippen molar-refractivity contribution in [3.05, 3.63) is 17.8 Å². The molecular weight excluding hydrogens is 271 g/mol. The number of nitrogens with zero attached hydrogens (tertiary/aromatic N) is 2. The third-order valence-electron chi connectivity index (χ3n) is 1.95. The lowest BCUT2D eigenvalue weighted by Crippen LogP contribution is -2.12. The van der Waals surface area contributed by atoms with Gasteiger partial charge in [0, 0.05) is 19.0 Å². The van der Waals surface area contributed by atoms with Crippen LogP contribution < -0.4 is 5.32 Å². The van der Waals surface area contributed by atoms with Crippen LogP contribution in [-0.2, 0) is 10.9 Å². The largest absolute Gasteiger partial charge is 0.435 e. The van der Waals surface area contributed by atoms with Gasteiger partial charge in [-0.2, -0.15) is 13.2 Å². The summed E-state index contributed by atoms with van der Waals surface area (Å²) in [5.74, 6) is 0.748. The van der Waals surface area contributed by atoms with Gasteiger partial charge < -0.3 is 10.1 Å². The minimum atomic E-state index is -4.46. The fourth-order valence-corrected chi connectivity index (χ4v) is 1.23. The monoisotopic (exact) mass is 283 g/mol. The van der Waals surface area contributed by atoms with Gasteiger partial charge in [-0.3, -0.25) is 0 Å². The van der Waals surface area contributed by atoms with E-state index in [2.05, 4.69) is 15.5 Å². The van der Waals surface area contributed by atoms with Crippen LogP contribution in [0.5, 0.6) is 0 Å². The lowest BCUT2D eigenvalue weighted by Gasteiger charge is -2.07. The van der Waals surface area contributed by atoms with Crippen molar-refractivity contribution >= 4 is 17.4 Å². The number of alkyl halides is 4. The number of hydrogen-bond donors (Lipinski definition) is 1. The number of anilines is 1. The van der Waals surface area contributed by atoms with Gasteiger partial charge in [0.05, 0.1) is 6.61 Å². The van der Waals surface area contributed by atoms with Crippen LogP contribution in [0.3, 0.4) is 0 Å². The van der Waals surface area contributed by atoms with Crippen molar-refractivity contribution in [2.75, 3.05) is 31.0 Å². The molecule has 18 heavy (non-hydrogen) atoms. The van der Waals surface area contributed by atoms with Crippen LogP contribution >= 0.6 is 11.6 Å². The van der Waals surface area contributed by atoms with E-state index in [4.69, 9.17) is 16.3 Å². The smallest absolute Gasteiger partial charge is 0.380 e. The molecule has 1 rings (SSSR count). The van der Waals surface area contributed by atoms with Crippen molar-refractivity contribution < 1.29 is 17.9 Å². The Morgan fingerprint density at radius 2 is 2.00 bits per heavy atom. The summed E-state index contributed by atoms with van der Waals surface area (Å²) in [6, 6.07) is 2.13. The Labute approximate surface area is 107 Å². The van der Waals surface area contributed by atoms with E-state index >= 15 is 0 Å². The molecule has 0 amide bonds. The average Bonchev–Trinajstić information content (AvgIpc) is 2.33. The van der Waals surface area contributed by atoms with Crippen molar-refractivity contribution in [3.63, 3.8) is 0 Å². The van der Waals surface area contributed by atoms with Crippen LogP contribution in [0.1, 0.15) is 12.1 Å². The minimum Gasteiger partial charge on any atom is -0.380 e. The van der Waals surface area contributed by atoms with E-state index in [0.717, 1.165) is 6.07 Å². The molecule has 102 valence electrons. The van der Waals surface area contributed by atoms with Gasteiger partial charge in [0.2, 0.25) is 0 Å². The molecule has 1 aromatic rings. The fraction of sp³-hybridized carbons (Fsp3) is 0.600. The van der Waals surface area contributed by atoms with Crippen LogP contribution in [0.4, 0.5) is 19.0 Å². The van der Waals surface area contributed by atoms with Crippen molar-refractivity contribution in [1.82, 2.24) is 10.2 Å². The second kappa shape index (κ2) is 7.38. The first-order valence-corrected chi connectivity index (χ1v) is 5.86. The Morgan fingerprint density at radius 1 is 1.22 bits per heavy atom. The van der Waals surface area contributed by atoms with E-state index in [-0.39, 0.29) is 0 Å². The second-order valence-corrected chi connectivity index (χ2v) is 3.76. The number of aromatic nitrogens is 2. The lowest BCUT2D eigenvalue weighted by molar-refractivity contribution is -0.141. The summed E-state index contributed by atoms with van der Waals surface area (Å²) in [5.41, 5.74) is -1.00. The Hall–Kier alpha value is -1.08. The maximum absolute atomic E-state index is 12.2. The number of hydrogen-bond acceptors (Lipinski definition) is 4. The van der Waals surface area contributed by atoms with Gasteiger partial charge in [-0.1, -0.05) is 0 Å². The highest BCUT2D eigenvalue weighted by Crippen LogP contribution is 2.26. The number of rotatable bonds is 7. The molecule has 1 N–H and O–H groups in total. The highest BCUT2D eigenvalue weighted by Gasteiger charge is 2.32. The van der Waals surface area contributed by atoms with Gasteiger partial charge in [-0.15, -0.1) is 21.8 Å². The van der Waals surface area contributed by atoms with E-state index in [1.54, 1.807) is 0 Å². The molecule has 0 bridgehead atoms. The topological polar surface area (TPSA) is 47.0 Å². The first-order chi connectivity index (χ1) is 8.54. The van der Waals surface area contributed by atoms with Crippen LogP contribution in [0, 0.1) is 0 Å². The minimum absolute atomic E-state index is 0.306. The summed E-state index contributed by atoms with van der Waals surface area (Å²) < 4.78 is 41.7. The molecule has 0 aliphatic heterocycles. The van der Waals surface area contributed by atoms with Crippen molar-refractivity contribution in [2.45, 2.75) is 12.6 Å². The van der Waals surface area contributed by atoms with Gasteiger partial charge in [0.15, 0.2) is 5.69 Å². The molecule has 8 heteroatoms. The first-order valence-electron chi connectivity index (χ1n) is 5.32. The molecule has 0 radical (unpaired) electrons. The molecule has 0 atom stereocenters. The van der Waals surface area contributed by atoms with Crippen LogP contribution in [0.25, 0.3) is 0 Å². The zero-order valence-electron chi connectivity index (χ0n) is 9.50. The standard InChI is InChI=1S/C10H13ClF3N3O/c11-4-7-18-6-1-5-15-9-3-2-8(16-17-9)10(12,13)14/h2-3H,1,4-7H2,(H,15,17). The Kier molecular flexibility index (Phi) is 6.14. The van der Waals surface area contributed by atoms with Crippen molar-refractivity contribution in [2.24, 2.45) is 0 Å². The van der Waals surface area contributed by atoms with Crippen LogP contribution in [-0.4, -0.2) is 35.8 Å². The van der Waals surface area contributed by atoms with Crippen LogP contribution in [0.2, 0.25) is 0 Å². The molecule has 4 nitrogen and oxygen atoms in total. The number of halogens is 4. The molecule has 0 aliphatic rings. The highest BCUT2D eigenvalue weighted by molar-refractivity contribution is 6.17. The third kappa shape index (κ3) is 5.50. The molecule has 0 fully saturated rings. The van der Waals surface area contributed by atoms with Gasteiger partial charge in [-0.05, 0) is 18.6 Å². The summed E-state index contributed by atoms with van der Waals surface area (Å²) >= 11 is 5.41. The summed E-state index contributed by atoms with van der Waals surface area (Å²) in [6.07, 6.45) is -3.75. The van der Waals surface area contributed by atoms with Crippen molar-refractivity contribution in [3.8, 4) is 0 Å². The molecule has 0 spiro atoms. The summed E-state index contributed by atoms with van der Waals surface area (Å²) in [4.78, 5) is 0. The van der Waals surface area contributed by atoms with Gasteiger partial charge in [0.25, 0.3) is 0 Å². The van der Waals surface area contributed by atoms with Gasteiger partial charge in [0.1, 0.15) is 5.82 Å². The van der Waals surface area contributed by atoms with Gasteiger partial charge >= 0.3 is 6.18 Å². The third-order valence-corrected chi connectivity index (χ3v) is 2.10. The molecule has 0 aromatic carbocycles. The van der Waals surface area contributed by atoms with Gasteiger partial charge in [-0.25, -0.2) is 0 Å². The molecule has 1 heterocycles. The van der Waals surface area contributed by atoms with Crippen LogP contribution in [0.15, 0.2) is 12.1 Å². The molecule has 0 aliphatic carbocycles. The number of ether oxygens (including phenoxy) is 1. The Balaban J connectivity index is 2.27. The zero-order chi connectivity index (χ0) is 13.4. The van der Waals surface area contributed by atoms with Crippen molar-refractivity contribution in [1.29, 1.82) is 0 Å². The average molecular weight is 284 g/mol. The van der Waals surface area contributed by atoms with E-state index in [9.17, 15) is 13.2 Å². The molecule has 0 saturated carbocycles. The predicted molar refractivity (Wildman–Crippen MR) is 61.7 cm³/mol. The zero-order valence-corrected chi connectivity index (χ0v) is 10.3. The lowest BCUT2D eigenvalue weighted by atomic mass is 10.3. The highest BCUT2D eigenvalue weighted by atomic mass is 35.5. The molecular formula is C10H13ClF3N3O.